The lowest BCUT2D eigenvalue weighted by atomic mass is 9.98. The van der Waals surface area contributed by atoms with E-state index in [1.165, 1.54) is 0 Å². The molecule has 3 aromatic carbocycles. The zero-order valence-electron chi connectivity index (χ0n) is 24.2. The SMILES string of the molecule is CCOC(=O)[C@H](CC(C)C)NC(=O)[C@@H](Cc1c[nH]c2ccccc12)NC(=O)OCC1c2ccccc2-c2ccccc21. The molecular weight excluding hydrogens is 530 g/mol. The summed E-state index contributed by atoms with van der Waals surface area (Å²) in [7, 11) is 0. The number of ether oxygens (including phenoxy) is 2. The fraction of sp³-hybridized carbons (Fsp3) is 0.324. The quantitative estimate of drug-likeness (QED) is 0.201. The van der Waals surface area contributed by atoms with Crippen LogP contribution >= 0.6 is 0 Å². The summed E-state index contributed by atoms with van der Waals surface area (Å²) >= 11 is 0. The highest BCUT2D eigenvalue weighted by Crippen LogP contribution is 2.44. The smallest absolute Gasteiger partial charge is 0.407 e. The minimum Gasteiger partial charge on any atom is -0.464 e. The molecule has 0 saturated carbocycles. The summed E-state index contributed by atoms with van der Waals surface area (Å²) in [5.41, 5.74) is 6.26. The molecule has 0 fully saturated rings. The summed E-state index contributed by atoms with van der Waals surface area (Å²) < 4.78 is 11.0. The Morgan fingerprint density at radius 1 is 0.833 bits per heavy atom. The summed E-state index contributed by atoms with van der Waals surface area (Å²) in [6.07, 6.45) is 1.75. The van der Waals surface area contributed by atoms with E-state index in [0.29, 0.717) is 6.42 Å². The monoisotopic (exact) mass is 567 g/mol. The standard InChI is InChI=1S/C34H37N3O5/c1-4-41-33(39)31(17-21(2)3)36-32(38)30(18-22-19-35-29-16-10-9-11-23(22)29)37-34(40)42-20-28-26-14-7-5-12-24(26)25-13-6-8-15-27(25)28/h5-16,19,21,28,30-31,35H,4,17-18,20H2,1-3H3,(H,36,38)(H,37,40)/t30-,31+/m1/s1. The minimum atomic E-state index is -0.982. The average Bonchev–Trinajstić information content (AvgIpc) is 3.54. The Hall–Kier alpha value is -4.59. The molecular formula is C34H37N3O5. The Bertz CT molecular complexity index is 1530. The van der Waals surface area contributed by atoms with E-state index in [9.17, 15) is 14.4 Å². The number of carbonyl (C=O) groups excluding carboxylic acids is 3. The van der Waals surface area contributed by atoms with Gasteiger partial charge in [0.05, 0.1) is 6.61 Å². The molecule has 2 amide bonds. The largest absolute Gasteiger partial charge is 0.464 e. The summed E-state index contributed by atoms with van der Waals surface area (Å²) in [6.45, 7) is 6.00. The molecule has 5 rings (SSSR count). The Labute approximate surface area is 245 Å². The van der Waals surface area contributed by atoms with Crippen LogP contribution in [0.15, 0.2) is 79.0 Å². The predicted molar refractivity (Wildman–Crippen MR) is 162 cm³/mol. The molecule has 0 spiro atoms. The van der Waals surface area contributed by atoms with E-state index in [1.807, 2.05) is 68.6 Å². The van der Waals surface area contributed by atoms with Crippen LogP contribution in [0.5, 0.6) is 0 Å². The molecule has 0 radical (unpaired) electrons. The Balaban J connectivity index is 1.33. The normalized spacial score (nSPS) is 13.7. The van der Waals surface area contributed by atoms with Crippen LogP contribution in [0.25, 0.3) is 22.0 Å². The molecule has 0 aliphatic heterocycles. The van der Waals surface area contributed by atoms with E-state index >= 15 is 0 Å². The van der Waals surface area contributed by atoms with Gasteiger partial charge >= 0.3 is 12.1 Å². The van der Waals surface area contributed by atoms with Crippen LogP contribution in [0.3, 0.4) is 0 Å². The molecule has 1 aromatic heterocycles. The molecule has 1 aliphatic rings. The third-order valence-corrected chi connectivity index (χ3v) is 7.65. The van der Waals surface area contributed by atoms with Crippen molar-refractivity contribution in [3.8, 4) is 11.1 Å². The molecule has 0 bridgehead atoms. The van der Waals surface area contributed by atoms with Gasteiger partial charge in [0.2, 0.25) is 5.91 Å². The number of benzene rings is 3. The zero-order valence-corrected chi connectivity index (χ0v) is 24.2. The van der Waals surface area contributed by atoms with Crippen LogP contribution in [-0.4, -0.2) is 48.3 Å². The number of H-pyrrole nitrogens is 1. The maximum atomic E-state index is 13.6. The maximum Gasteiger partial charge on any atom is 0.407 e. The number of amides is 2. The van der Waals surface area contributed by atoms with Crippen LogP contribution in [0, 0.1) is 5.92 Å². The Morgan fingerprint density at radius 3 is 2.14 bits per heavy atom. The zero-order chi connectivity index (χ0) is 29.6. The number of alkyl carbamates (subject to hydrolysis) is 1. The third kappa shape index (κ3) is 6.33. The van der Waals surface area contributed by atoms with Crippen molar-refractivity contribution in [1.29, 1.82) is 0 Å². The maximum absolute atomic E-state index is 13.6. The van der Waals surface area contributed by atoms with Gasteiger partial charge in [-0.25, -0.2) is 9.59 Å². The van der Waals surface area contributed by atoms with Crippen LogP contribution < -0.4 is 10.6 Å². The highest BCUT2D eigenvalue weighted by Gasteiger charge is 2.31. The van der Waals surface area contributed by atoms with Gasteiger partial charge in [0.25, 0.3) is 0 Å². The fourth-order valence-electron chi connectivity index (χ4n) is 5.71. The van der Waals surface area contributed by atoms with E-state index in [2.05, 4.69) is 39.9 Å². The van der Waals surface area contributed by atoms with Gasteiger partial charge in [-0.1, -0.05) is 80.6 Å². The number of esters is 1. The van der Waals surface area contributed by atoms with Crippen LogP contribution in [0.1, 0.15) is 49.8 Å². The number of para-hydroxylation sites is 1. The van der Waals surface area contributed by atoms with Crippen LogP contribution in [0.2, 0.25) is 0 Å². The summed E-state index contributed by atoms with van der Waals surface area (Å²) in [6, 6.07) is 22.2. The highest BCUT2D eigenvalue weighted by atomic mass is 16.5. The Morgan fingerprint density at radius 2 is 1.48 bits per heavy atom. The first-order valence-electron chi connectivity index (χ1n) is 14.5. The Kier molecular flexibility index (Phi) is 8.91. The molecule has 1 aliphatic carbocycles. The molecule has 1 heterocycles. The lowest BCUT2D eigenvalue weighted by molar-refractivity contribution is -0.148. The number of hydrogen-bond donors (Lipinski definition) is 3. The predicted octanol–water partition coefficient (Wildman–Crippen LogP) is 5.71. The van der Waals surface area contributed by atoms with Gasteiger partial charge in [-0.15, -0.1) is 0 Å². The van der Waals surface area contributed by atoms with Crippen molar-refractivity contribution < 1.29 is 23.9 Å². The number of nitrogens with one attached hydrogen (secondary N) is 3. The average molecular weight is 568 g/mol. The van der Waals surface area contributed by atoms with Gasteiger partial charge in [-0.3, -0.25) is 4.79 Å². The van der Waals surface area contributed by atoms with Gasteiger partial charge in [0, 0.05) is 29.4 Å². The first-order chi connectivity index (χ1) is 20.4. The van der Waals surface area contributed by atoms with Crippen molar-refractivity contribution in [2.75, 3.05) is 13.2 Å². The van der Waals surface area contributed by atoms with Gasteiger partial charge in [0.15, 0.2) is 0 Å². The summed E-state index contributed by atoms with van der Waals surface area (Å²) in [5, 5.41) is 6.56. The number of aromatic amines is 1. The third-order valence-electron chi connectivity index (χ3n) is 7.65. The van der Waals surface area contributed by atoms with Crippen molar-refractivity contribution in [3.05, 3.63) is 95.7 Å². The van der Waals surface area contributed by atoms with Crippen molar-refractivity contribution in [2.45, 2.75) is 51.6 Å². The van der Waals surface area contributed by atoms with Gasteiger partial charge in [-0.05, 0) is 53.1 Å². The van der Waals surface area contributed by atoms with Crippen molar-refractivity contribution in [3.63, 3.8) is 0 Å². The molecule has 42 heavy (non-hydrogen) atoms. The van der Waals surface area contributed by atoms with E-state index in [4.69, 9.17) is 9.47 Å². The first-order valence-corrected chi connectivity index (χ1v) is 14.5. The topological polar surface area (TPSA) is 110 Å². The lowest BCUT2D eigenvalue weighted by Gasteiger charge is -2.24. The second-order valence-corrected chi connectivity index (χ2v) is 11.0. The van der Waals surface area contributed by atoms with Gasteiger partial charge in [0.1, 0.15) is 18.7 Å². The minimum absolute atomic E-state index is 0.108. The second-order valence-electron chi connectivity index (χ2n) is 11.0. The highest BCUT2D eigenvalue weighted by molar-refractivity contribution is 5.91. The molecule has 0 saturated heterocycles. The van der Waals surface area contributed by atoms with Gasteiger partial charge in [-0.2, -0.15) is 0 Å². The van der Waals surface area contributed by atoms with Crippen LogP contribution in [-0.2, 0) is 25.5 Å². The number of fused-ring (bicyclic) bond motifs is 4. The van der Waals surface area contributed by atoms with E-state index in [1.54, 1.807) is 6.92 Å². The van der Waals surface area contributed by atoms with Crippen molar-refractivity contribution in [1.82, 2.24) is 15.6 Å². The van der Waals surface area contributed by atoms with Crippen molar-refractivity contribution in [2.24, 2.45) is 5.92 Å². The van der Waals surface area contributed by atoms with E-state index < -0.39 is 30.1 Å². The number of rotatable bonds is 11. The van der Waals surface area contributed by atoms with Crippen LogP contribution in [0.4, 0.5) is 4.79 Å². The molecule has 8 nitrogen and oxygen atoms in total. The molecule has 218 valence electrons. The fourth-order valence-corrected chi connectivity index (χ4v) is 5.71. The molecule has 3 N–H and O–H groups in total. The number of aromatic nitrogens is 1. The summed E-state index contributed by atoms with van der Waals surface area (Å²) in [4.78, 5) is 42.7. The molecule has 0 unspecified atom stereocenters. The summed E-state index contributed by atoms with van der Waals surface area (Å²) in [5.74, 6) is -0.941. The number of hydrogen-bond acceptors (Lipinski definition) is 5. The number of carbonyl (C=O) groups is 3. The lowest BCUT2D eigenvalue weighted by Crippen LogP contribution is -2.53. The van der Waals surface area contributed by atoms with Crippen molar-refractivity contribution >= 4 is 28.9 Å². The van der Waals surface area contributed by atoms with E-state index in [-0.39, 0.29) is 31.5 Å². The van der Waals surface area contributed by atoms with Gasteiger partial charge < -0.3 is 25.1 Å². The molecule has 8 heteroatoms. The first kappa shape index (κ1) is 28.9. The molecule has 2 atom stereocenters. The van der Waals surface area contributed by atoms with E-state index in [0.717, 1.165) is 38.7 Å². The second kappa shape index (κ2) is 12.9. The molecule has 4 aromatic rings.